The average Bonchev–Trinajstić information content (AvgIpc) is 1.99. The number of aliphatic hydroxyl groups is 1. The summed E-state index contributed by atoms with van der Waals surface area (Å²) in [6, 6.07) is 1.86. The van der Waals surface area contributed by atoms with Crippen LogP contribution in [-0.4, -0.2) is 24.4 Å². The molecule has 0 fully saturated rings. The molecule has 0 amide bonds. The van der Waals surface area contributed by atoms with Crippen LogP contribution in [0.4, 0.5) is 0 Å². The SMILES string of the molecule is CCOOCC[C@@H](O)CC#N. The zero-order valence-corrected chi connectivity index (χ0v) is 6.62. The lowest BCUT2D eigenvalue weighted by Crippen LogP contribution is -2.09. The van der Waals surface area contributed by atoms with Gasteiger partial charge in [0.1, 0.15) is 0 Å². The summed E-state index contributed by atoms with van der Waals surface area (Å²) in [6.07, 6.45) is -0.0104. The van der Waals surface area contributed by atoms with Gasteiger partial charge in [0.15, 0.2) is 0 Å². The minimum atomic E-state index is -0.597. The van der Waals surface area contributed by atoms with Gasteiger partial charge in [-0.25, -0.2) is 9.78 Å². The molecule has 0 aromatic rings. The Morgan fingerprint density at radius 2 is 2.27 bits per heavy atom. The van der Waals surface area contributed by atoms with Gasteiger partial charge in [-0.15, -0.1) is 0 Å². The highest BCUT2D eigenvalue weighted by atomic mass is 17.2. The van der Waals surface area contributed by atoms with E-state index in [9.17, 15) is 0 Å². The van der Waals surface area contributed by atoms with Crippen LogP contribution >= 0.6 is 0 Å². The molecule has 0 aromatic carbocycles. The second-order valence-corrected chi connectivity index (χ2v) is 2.03. The molecule has 4 heteroatoms. The van der Waals surface area contributed by atoms with E-state index in [0.29, 0.717) is 19.6 Å². The smallest absolute Gasteiger partial charge is 0.0847 e. The molecule has 0 aliphatic heterocycles. The molecule has 0 aliphatic rings. The third-order valence-electron chi connectivity index (χ3n) is 1.06. The Labute approximate surface area is 66.3 Å². The van der Waals surface area contributed by atoms with Gasteiger partial charge in [0.2, 0.25) is 0 Å². The lowest BCUT2D eigenvalue weighted by molar-refractivity contribution is -0.293. The van der Waals surface area contributed by atoms with Crippen molar-refractivity contribution in [1.82, 2.24) is 0 Å². The van der Waals surface area contributed by atoms with Gasteiger partial charge in [-0.2, -0.15) is 5.26 Å². The molecule has 0 aliphatic carbocycles. The molecular formula is C7H13NO3. The third-order valence-corrected chi connectivity index (χ3v) is 1.06. The number of nitriles is 1. The summed E-state index contributed by atoms with van der Waals surface area (Å²) in [5, 5.41) is 17.1. The number of hydrogen-bond donors (Lipinski definition) is 1. The van der Waals surface area contributed by atoms with Crippen LogP contribution < -0.4 is 0 Å². The second kappa shape index (κ2) is 7.48. The van der Waals surface area contributed by atoms with Gasteiger partial charge < -0.3 is 5.11 Å². The molecule has 0 spiro atoms. The molecule has 4 nitrogen and oxygen atoms in total. The Morgan fingerprint density at radius 3 is 2.82 bits per heavy atom. The van der Waals surface area contributed by atoms with Gasteiger partial charge in [-0.1, -0.05) is 0 Å². The summed E-state index contributed by atoms with van der Waals surface area (Å²) in [5.74, 6) is 0. The molecule has 0 rings (SSSR count). The molecule has 0 aromatic heterocycles. The highest BCUT2D eigenvalue weighted by molar-refractivity contribution is 4.74. The van der Waals surface area contributed by atoms with Gasteiger partial charge in [-0.05, 0) is 6.92 Å². The first-order chi connectivity index (χ1) is 5.31. The highest BCUT2D eigenvalue weighted by Gasteiger charge is 2.01. The Hall–Kier alpha value is -0.630. The van der Waals surface area contributed by atoms with Crippen molar-refractivity contribution in [3.05, 3.63) is 0 Å². The molecular weight excluding hydrogens is 146 g/mol. The molecule has 0 saturated heterocycles. The fourth-order valence-corrected chi connectivity index (χ4v) is 0.534. The van der Waals surface area contributed by atoms with Crippen molar-refractivity contribution in [2.24, 2.45) is 0 Å². The van der Waals surface area contributed by atoms with E-state index in [-0.39, 0.29) is 6.42 Å². The molecule has 1 N–H and O–H groups in total. The van der Waals surface area contributed by atoms with Crippen molar-refractivity contribution in [1.29, 1.82) is 5.26 Å². The van der Waals surface area contributed by atoms with Crippen molar-refractivity contribution >= 4 is 0 Å². The monoisotopic (exact) mass is 159 g/mol. The second-order valence-electron chi connectivity index (χ2n) is 2.03. The fourth-order valence-electron chi connectivity index (χ4n) is 0.534. The predicted molar refractivity (Wildman–Crippen MR) is 38.4 cm³/mol. The molecule has 1 atom stereocenters. The molecule has 11 heavy (non-hydrogen) atoms. The van der Waals surface area contributed by atoms with Crippen LogP contribution in [0.15, 0.2) is 0 Å². The van der Waals surface area contributed by atoms with Crippen LogP contribution in [0.5, 0.6) is 0 Å². The van der Waals surface area contributed by atoms with Crippen LogP contribution in [0.25, 0.3) is 0 Å². The molecule has 0 saturated carbocycles. The average molecular weight is 159 g/mol. The Kier molecular flexibility index (Phi) is 7.05. The van der Waals surface area contributed by atoms with Gasteiger partial charge in [0.05, 0.1) is 31.8 Å². The molecule has 0 bridgehead atoms. The van der Waals surface area contributed by atoms with E-state index >= 15 is 0 Å². The van der Waals surface area contributed by atoms with Crippen molar-refractivity contribution in [2.75, 3.05) is 13.2 Å². The minimum absolute atomic E-state index is 0.148. The van der Waals surface area contributed by atoms with Crippen LogP contribution in [0.2, 0.25) is 0 Å². The van der Waals surface area contributed by atoms with Crippen LogP contribution in [0.3, 0.4) is 0 Å². The summed E-state index contributed by atoms with van der Waals surface area (Å²) >= 11 is 0. The van der Waals surface area contributed by atoms with Crippen LogP contribution in [-0.2, 0) is 9.78 Å². The van der Waals surface area contributed by atoms with E-state index in [1.54, 1.807) is 0 Å². The maximum atomic E-state index is 8.99. The highest BCUT2D eigenvalue weighted by Crippen LogP contribution is 1.96. The van der Waals surface area contributed by atoms with Crippen LogP contribution in [0.1, 0.15) is 19.8 Å². The zero-order valence-electron chi connectivity index (χ0n) is 6.62. The van der Waals surface area contributed by atoms with E-state index in [1.165, 1.54) is 0 Å². The molecule has 64 valence electrons. The Bertz CT molecular complexity index is 121. The Balaban J connectivity index is 3.05. The summed E-state index contributed by atoms with van der Waals surface area (Å²) in [7, 11) is 0. The summed E-state index contributed by atoms with van der Waals surface area (Å²) in [4.78, 5) is 9.20. The molecule has 0 radical (unpaired) electrons. The maximum Gasteiger partial charge on any atom is 0.0847 e. The van der Waals surface area contributed by atoms with Gasteiger partial charge in [0, 0.05) is 6.42 Å². The summed E-state index contributed by atoms with van der Waals surface area (Å²) in [6.45, 7) is 2.64. The van der Waals surface area contributed by atoms with E-state index in [4.69, 9.17) is 10.4 Å². The molecule has 0 unspecified atom stereocenters. The Morgan fingerprint density at radius 1 is 1.55 bits per heavy atom. The first-order valence-corrected chi connectivity index (χ1v) is 3.60. The van der Waals surface area contributed by atoms with Crippen molar-refractivity contribution in [3.8, 4) is 6.07 Å². The normalized spacial score (nSPS) is 12.5. The third kappa shape index (κ3) is 7.26. The van der Waals surface area contributed by atoms with Gasteiger partial charge in [-0.3, -0.25) is 0 Å². The predicted octanol–water partition coefficient (Wildman–Crippen LogP) is 0.619. The maximum absolute atomic E-state index is 8.99. The lowest BCUT2D eigenvalue weighted by atomic mass is 10.2. The summed E-state index contributed by atoms with van der Waals surface area (Å²) in [5.41, 5.74) is 0. The van der Waals surface area contributed by atoms with Gasteiger partial charge >= 0.3 is 0 Å². The summed E-state index contributed by atoms with van der Waals surface area (Å²) < 4.78 is 0. The number of aliphatic hydroxyl groups excluding tert-OH is 1. The fraction of sp³-hybridized carbons (Fsp3) is 0.857. The van der Waals surface area contributed by atoms with Crippen molar-refractivity contribution in [3.63, 3.8) is 0 Å². The lowest BCUT2D eigenvalue weighted by Gasteiger charge is -2.04. The van der Waals surface area contributed by atoms with E-state index in [1.807, 2.05) is 13.0 Å². The number of rotatable bonds is 6. The quantitative estimate of drug-likeness (QED) is 0.350. The standard InChI is InChI=1S/C7H13NO3/c1-2-10-11-6-4-7(9)3-5-8/h7,9H,2-4,6H2,1H3/t7-/m0/s1. The van der Waals surface area contributed by atoms with E-state index in [0.717, 1.165) is 0 Å². The van der Waals surface area contributed by atoms with Crippen molar-refractivity contribution in [2.45, 2.75) is 25.9 Å². The first-order valence-electron chi connectivity index (χ1n) is 3.60. The zero-order chi connectivity index (χ0) is 8.53. The largest absolute Gasteiger partial charge is 0.392 e. The van der Waals surface area contributed by atoms with Crippen LogP contribution in [0, 0.1) is 11.3 Å². The number of nitrogens with zero attached hydrogens (tertiary/aromatic N) is 1. The van der Waals surface area contributed by atoms with E-state index < -0.39 is 6.10 Å². The van der Waals surface area contributed by atoms with Crippen molar-refractivity contribution < 1.29 is 14.9 Å². The van der Waals surface area contributed by atoms with E-state index in [2.05, 4.69) is 9.78 Å². The molecule has 0 heterocycles. The number of hydrogen-bond acceptors (Lipinski definition) is 4. The van der Waals surface area contributed by atoms with Gasteiger partial charge in [0.25, 0.3) is 0 Å². The first kappa shape index (κ1) is 10.4. The topological polar surface area (TPSA) is 62.5 Å². The minimum Gasteiger partial charge on any atom is -0.392 e.